The Morgan fingerprint density at radius 1 is 1.73 bits per heavy atom. The first-order chi connectivity index (χ1) is 5.33. The molecule has 64 valence electrons. The molecule has 1 atom stereocenters. The zero-order chi connectivity index (χ0) is 8.10. The number of hydrogen-bond donors (Lipinski definition) is 1. The van der Waals surface area contributed by atoms with Crippen LogP contribution in [0, 0.1) is 5.92 Å². The lowest BCUT2D eigenvalue weighted by atomic mass is 10.1. The molecule has 0 aromatic heterocycles. The van der Waals surface area contributed by atoms with Crippen molar-refractivity contribution in [1.29, 1.82) is 0 Å². The van der Waals surface area contributed by atoms with Crippen molar-refractivity contribution in [3.05, 3.63) is 0 Å². The predicted octanol–water partition coefficient (Wildman–Crippen LogP) is 0.549. The van der Waals surface area contributed by atoms with Gasteiger partial charge in [0.2, 0.25) is 0 Å². The SMILES string of the molecule is CCC(=O)OC[C@H]1CCNC1. The van der Waals surface area contributed by atoms with E-state index in [1.807, 2.05) is 6.92 Å². The Balaban J connectivity index is 2.06. The summed E-state index contributed by atoms with van der Waals surface area (Å²) in [5, 5.41) is 3.22. The number of rotatable bonds is 3. The van der Waals surface area contributed by atoms with Crippen LogP contribution in [0.2, 0.25) is 0 Å². The van der Waals surface area contributed by atoms with Gasteiger partial charge in [-0.25, -0.2) is 0 Å². The van der Waals surface area contributed by atoms with E-state index in [1.54, 1.807) is 0 Å². The summed E-state index contributed by atoms with van der Waals surface area (Å²) in [5.74, 6) is 0.461. The molecule has 0 saturated carbocycles. The number of nitrogens with one attached hydrogen (secondary N) is 1. The van der Waals surface area contributed by atoms with Gasteiger partial charge in [0.25, 0.3) is 0 Å². The van der Waals surface area contributed by atoms with Gasteiger partial charge in [-0.2, -0.15) is 0 Å². The second-order valence-electron chi connectivity index (χ2n) is 2.90. The lowest BCUT2D eigenvalue weighted by Crippen LogP contribution is -2.16. The summed E-state index contributed by atoms with van der Waals surface area (Å²) in [6, 6.07) is 0. The topological polar surface area (TPSA) is 38.3 Å². The molecule has 1 aliphatic heterocycles. The Hall–Kier alpha value is -0.570. The van der Waals surface area contributed by atoms with Crippen molar-refractivity contribution in [3.63, 3.8) is 0 Å². The number of hydrogen-bond acceptors (Lipinski definition) is 3. The monoisotopic (exact) mass is 157 g/mol. The quantitative estimate of drug-likeness (QED) is 0.608. The molecule has 3 nitrogen and oxygen atoms in total. The molecule has 1 heterocycles. The summed E-state index contributed by atoms with van der Waals surface area (Å²) >= 11 is 0. The van der Waals surface area contributed by atoms with Crippen molar-refractivity contribution in [2.24, 2.45) is 5.92 Å². The normalized spacial score (nSPS) is 23.5. The molecule has 1 N–H and O–H groups in total. The molecule has 0 spiro atoms. The standard InChI is InChI=1S/C8H15NO2/c1-2-8(10)11-6-7-3-4-9-5-7/h7,9H,2-6H2,1H3/t7-/m0/s1. The highest BCUT2D eigenvalue weighted by Gasteiger charge is 2.15. The maximum atomic E-state index is 10.7. The summed E-state index contributed by atoms with van der Waals surface area (Å²) in [5.41, 5.74) is 0. The number of carbonyl (C=O) groups excluding carboxylic acids is 1. The fraction of sp³-hybridized carbons (Fsp3) is 0.875. The molecule has 0 aliphatic carbocycles. The fourth-order valence-electron chi connectivity index (χ4n) is 1.17. The molecule has 0 aromatic carbocycles. The van der Waals surface area contributed by atoms with Crippen molar-refractivity contribution in [3.8, 4) is 0 Å². The van der Waals surface area contributed by atoms with Crippen LogP contribution in [0.1, 0.15) is 19.8 Å². The van der Waals surface area contributed by atoms with Crippen LogP contribution in [0.4, 0.5) is 0 Å². The molecule has 3 heteroatoms. The van der Waals surface area contributed by atoms with Crippen molar-refractivity contribution < 1.29 is 9.53 Å². The van der Waals surface area contributed by atoms with E-state index in [4.69, 9.17) is 4.74 Å². The number of esters is 1. The van der Waals surface area contributed by atoms with Gasteiger partial charge in [0.1, 0.15) is 0 Å². The summed E-state index contributed by atoms with van der Waals surface area (Å²) in [7, 11) is 0. The Labute approximate surface area is 67.1 Å². The lowest BCUT2D eigenvalue weighted by Gasteiger charge is -2.07. The maximum absolute atomic E-state index is 10.7. The van der Waals surface area contributed by atoms with Gasteiger partial charge in [-0.3, -0.25) is 4.79 Å². The van der Waals surface area contributed by atoms with E-state index in [9.17, 15) is 4.79 Å². The molecule has 1 aliphatic rings. The van der Waals surface area contributed by atoms with Crippen LogP contribution in [0.3, 0.4) is 0 Å². The minimum atomic E-state index is -0.0862. The summed E-state index contributed by atoms with van der Waals surface area (Å²) in [4.78, 5) is 10.7. The minimum absolute atomic E-state index is 0.0862. The van der Waals surface area contributed by atoms with Crippen molar-refractivity contribution in [2.45, 2.75) is 19.8 Å². The highest BCUT2D eigenvalue weighted by molar-refractivity contribution is 5.68. The Kier molecular flexibility index (Phi) is 3.36. The zero-order valence-electron chi connectivity index (χ0n) is 6.93. The van der Waals surface area contributed by atoms with Gasteiger partial charge in [0, 0.05) is 18.9 Å². The number of carbonyl (C=O) groups is 1. The molecule has 0 bridgehead atoms. The van der Waals surface area contributed by atoms with Crippen LogP contribution in [0.25, 0.3) is 0 Å². The van der Waals surface area contributed by atoms with E-state index in [0.29, 0.717) is 18.9 Å². The first kappa shape index (κ1) is 8.53. The first-order valence-electron chi connectivity index (χ1n) is 4.19. The van der Waals surface area contributed by atoms with E-state index in [0.717, 1.165) is 19.5 Å². The van der Waals surface area contributed by atoms with Gasteiger partial charge in [0.05, 0.1) is 6.61 Å². The molecule has 0 amide bonds. The molecule has 0 radical (unpaired) electrons. The highest BCUT2D eigenvalue weighted by atomic mass is 16.5. The smallest absolute Gasteiger partial charge is 0.305 e. The van der Waals surface area contributed by atoms with E-state index in [2.05, 4.69) is 5.32 Å². The average Bonchev–Trinajstić information content (AvgIpc) is 2.52. The van der Waals surface area contributed by atoms with E-state index >= 15 is 0 Å². The second-order valence-corrected chi connectivity index (χ2v) is 2.90. The molecule has 0 aromatic rings. The Bertz CT molecular complexity index is 130. The summed E-state index contributed by atoms with van der Waals surface area (Å²) in [6.45, 7) is 4.47. The van der Waals surface area contributed by atoms with E-state index < -0.39 is 0 Å². The van der Waals surface area contributed by atoms with Gasteiger partial charge < -0.3 is 10.1 Å². The van der Waals surface area contributed by atoms with Crippen LogP contribution in [0.5, 0.6) is 0 Å². The second kappa shape index (κ2) is 4.34. The zero-order valence-corrected chi connectivity index (χ0v) is 6.93. The molecule has 11 heavy (non-hydrogen) atoms. The molecule has 1 fully saturated rings. The maximum Gasteiger partial charge on any atom is 0.305 e. The minimum Gasteiger partial charge on any atom is -0.465 e. The van der Waals surface area contributed by atoms with Crippen LogP contribution in [0.15, 0.2) is 0 Å². The molecule has 0 unspecified atom stereocenters. The van der Waals surface area contributed by atoms with Gasteiger partial charge in [-0.1, -0.05) is 6.92 Å². The third kappa shape index (κ3) is 2.89. The van der Waals surface area contributed by atoms with Crippen LogP contribution < -0.4 is 5.32 Å². The lowest BCUT2D eigenvalue weighted by molar-refractivity contribution is -0.144. The van der Waals surface area contributed by atoms with Gasteiger partial charge in [-0.15, -0.1) is 0 Å². The van der Waals surface area contributed by atoms with E-state index in [1.165, 1.54) is 0 Å². The Morgan fingerprint density at radius 3 is 3.09 bits per heavy atom. The number of ether oxygens (including phenoxy) is 1. The van der Waals surface area contributed by atoms with Crippen LogP contribution in [-0.2, 0) is 9.53 Å². The van der Waals surface area contributed by atoms with Crippen molar-refractivity contribution in [1.82, 2.24) is 5.32 Å². The van der Waals surface area contributed by atoms with Crippen molar-refractivity contribution >= 4 is 5.97 Å². The van der Waals surface area contributed by atoms with Gasteiger partial charge >= 0.3 is 5.97 Å². The molecular weight excluding hydrogens is 142 g/mol. The Morgan fingerprint density at radius 2 is 2.55 bits per heavy atom. The van der Waals surface area contributed by atoms with Gasteiger partial charge in [-0.05, 0) is 13.0 Å². The first-order valence-corrected chi connectivity index (χ1v) is 4.19. The molecule has 1 rings (SSSR count). The summed E-state index contributed by atoms with van der Waals surface area (Å²) in [6.07, 6.45) is 1.62. The highest BCUT2D eigenvalue weighted by Crippen LogP contribution is 2.07. The third-order valence-corrected chi connectivity index (χ3v) is 1.93. The summed E-state index contributed by atoms with van der Waals surface area (Å²) < 4.78 is 5.00. The van der Waals surface area contributed by atoms with E-state index in [-0.39, 0.29) is 5.97 Å². The molecule has 1 saturated heterocycles. The van der Waals surface area contributed by atoms with Crippen molar-refractivity contribution in [2.75, 3.05) is 19.7 Å². The largest absolute Gasteiger partial charge is 0.465 e. The predicted molar refractivity (Wildman–Crippen MR) is 42.2 cm³/mol. The van der Waals surface area contributed by atoms with Crippen LogP contribution in [-0.4, -0.2) is 25.7 Å². The molecular formula is C8H15NO2. The fourth-order valence-corrected chi connectivity index (χ4v) is 1.17. The van der Waals surface area contributed by atoms with Crippen LogP contribution >= 0.6 is 0 Å². The third-order valence-electron chi connectivity index (χ3n) is 1.93. The van der Waals surface area contributed by atoms with Gasteiger partial charge in [0.15, 0.2) is 0 Å². The average molecular weight is 157 g/mol.